The van der Waals surface area contributed by atoms with Crippen LogP contribution in [0.3, 0.4) is 0 Å². The fraction of sp³-hybridized carbons (Fsp3) is 0.700. The van der Waals surface area contributed by atoms with Crippen LogP contribution in [0.1, 0.15) is 12.8 Å². The molecule has 2 rings (SSSR count). The minimum absolute atomic E-state index is 0.0491. The predicted molar refractivity (Wildman–Crippen MR) is 80.6 cm³/mol. The van der Waals surface area contributed by atoms with E-state index in [1.54, 1.807) is 0 Å². The molecule has 0 aromatic rings. The minimum atomic E-state index is -4.76. The third-order valence-corrected chi connectivity index (χ3v) is 3.88. The minimum Gasteiger partial charge on any atom is -0.386 e. The molecule has 0 spiro atoms. The van der Waals surface area contributed by atoms with Crippen LogP contribution in [0.5, 0.6) is 0 Å². The number of fused-ring (bicyclic) bond motifs is 2. The summed E-state index contributed by atoms with van der Waals surface area (Å²) in [6.07, 6.45) is 0.964. The lowest BCUT2D eigenvalue weighted by molar-refractivity contribution is -0.0316. The summed E-state index contributed by atoms with van der Waals surface area (Å²) in [6, 6.07) is -1.61. The van der Waals surface area contributed by atoms with Crippen LogP contribution in [0.15, 0.2) is 9.98 Å². The summed E-state index contributed by atoms with van der Waals surface area (Å²) in [7, 11) is -4.76. The normalized spacial score (nSPS) is 24.9. The number of hydrogen-bond donors (Lipinski definition) is 4. The van der Waals surface area contributed by atoms with E-state index in [-0.39, 0.29) is 31.4 Å². The summed E-state index contributed by atoms with van der Waals surface area (Å²) < 4.78 is 34.7. The topological polar surface area (TPSA) is 190 Å². The molecule has 0 aromatic heterocycles. The SMILES string of the molecule is NC(N)=NCCN=C(N)[C@@H]1CC[C@@H]2CN1C(=O)N2OS(=O)(=O)O. The van der Waals surface area contributed by atoms with E-state index in [0.717, 1.165) is 0 Å². The van der Waals surface area contributed by atoms with Gasteiger partial charge >= 0.3 is 16.4 Å². The Balaban J connectivity index is 2.03. The highest BCUT2D eigenvalue weighted by molar-refractivity contribution is 7.80. The van der Waals surface area contributed by atoms with Gasteiger partial charge in [0.2, 0.25) is 0 Å². The number of hydroxylamine groups is 2. The van der Waals surface area contributed by atoms with E-state index in [2.05, 4.69) is 14.3 Å². The van der Waals surface area contributed by atoms with Gasteiger partial charge in [-0.15, -0.1) is 4.28 Å². The number of nitrogens with zero attached hydrogens (tertiary/aromatic N) is 4. The Hall–Kier alpha value is -2.12. The number of rotatable bonds is 6. The van der Waals surface area contributed by atoms with Crippen molar-refractivity contribution in [2.75, 3.05) is 19.6 Å². The van der Waals surface area contributed by atoms with E-state index in [4.69, 9.17) is 21.8 Å². The number of amidine groups is 1. The Labute approximate surface area is 132 Å². The van der Waals surface area contributed by atoms with Crippen LogP contribution in [0, 0.1) is 0 Å². The molecule has 0 aliphatic carbocycles. The lowest BCUT2D eigenvalue weighted by atomic mass is 10.0. The Morgan fingerprint density at radius 2 is 1.91 bits per heavy atom. The van der Waals surface area contributed by atoms with Gasteiger partial charge in [0.15, 0.2) is 5.96 Å². The van der Waals surface area contributed by atoms with Crippen molar-refractivity contribution in [2.45, 2.75) is 24.9 Å². The molecule has 2 fully saturated rings. The molecule has 13 heteroatoms. The van der Waals surface area contributed by atoms with Gasteiger partial charge in [-0.25, -0.2) is 4.79 Å². The molecule has 2 heterocycles. The number of nitrogens with two attached hydrogens (primary N) is 3. The second-order valence-corrected chi connectivity index (χ2v) is 6.13. The standard InChI is InChI=1S/C10H19N7O5S/c11-8(14-3-4-15-9(12)13)7-2-1-6-5-16(7)10(18)17(6)22-23(19,20)21/h6-7H,1-5H2,(H2,11,14)(H4,12,13,15)(H,19,20,21)/t6-,7+/m1/s1. The first kappa shape index (κ1) is 17.2. The fourth-order valence-electron chi connectivity index (χ4n) is 2.60. The van der Waals surface area contributed by atoms with Gasteiger partial charge in [-0.3, -0.25) is 14.5 Å². The van der Waals surface area contributed by atoms with Crippen molar-refractivity contribution in [3.63, 3.8) is 0 Å². The van der Waals surface area contributed by atoms with Gasteiger partial charge in [0.05, 0.1) is 25.2 Å². The van der Waals surface area contributed by atoms with Crippen molar-refractivity contribution in [2.24, 2.45) is 27.2 Å². The quantitative estimate of drug-likeness (QED) is 0.177. The first-order valence-electron chi connectivity index (χ1n) is 6.81. The molecular formula is C10H19N7O5S. The molecule has 12 nitrogen and oxygen atoms in total. The highest BCUT2D eigenvalue weighted by Crippen LogP contribution is 2.30. The molecule has 2 atom stereocenters. The molecular weight excluding hydrogens is 330 g/mol. The van der Waals surface area contributed by atoms with E-state index < -0.39 is 28.5 Å². The maximum absolute atomic E-state index is 12.2. The van der Waals surface area contributed by atoms with Gasteiger partial charge < -0.3 is 22.1 Å². The Bertz CT molecular complexity index is 630. The summed E-state index contributed by atoms with van der Waals surface area (Å²) in [5.74, 6) is 0.184. The van der Waals surface area contributed by atoms with Crippen molar-refractivity contribution < 1.29 is 22.0 Å². The van der Waals surface area contributed by atoms with Gasteiger partial charge in [-0.1, -0.05) is 0 Å². The van der Waals surface area contributed by atoms with Crippen molar-refractivity contribution in [1.82, 2.24) is 9.96 Å². The molecule has 23 heavy (non-hydrogen) atoms. The average molecular weight is 349 g/mol. The monoisotopic (exact) mass is 349 g/mol. The molecule has 2 amide bonds. The van der Waals surface area contributed by atoms with E-state index in [1.807, 2.05) is 0 Å². The molecule has 0 unspecified atom stereocenters. The van der Waals surface area contributed by atoms with Crippen molar-refractivity contribution in [3.8, 4) is 0 Å². The number of amides is 2. The first-order chi connectivity index (χ1) is 10.7. The van der Waals surface area contributed by atoms with E-state index in [1.165, 1.54) is 4.90 Å². The number of carbonyl (C=O) groups excluding carboxylic acids is 1. The van der Waals surface area contributed by atoms with Crippen LogP contribution in [-0.4, -0.2) is 72.5 Å². The first-order valence-corrected chi connectivity index (χ1v) is 8.17. The number of urea groups is 1. The fourth-order valence-corrected chi connectivity index (χ4v) is 2.99. The summed E-state index contributed by atoms with van der Waals surface area (Å²) in [5.41, 5.74) is 16.3. The molecule has 2 saturated heterocycles. The molecule has 0 aromatic carbocycles. The van der Waals surface area contributed by atoms with Crippen LogP contribution in [0.2, 0.25) is 0 Å². The van der Waals surface area contributed by atoms with Gasteiger partial charge in [0.1, 0.15) is 5.84 Å². The van der Waals surface area contributed by atoms with Crippen LogP contribution < -0.4 is 17.2 Å². The molecule has 2 bridgehead atoms. The maximum Gasteiger partial charge on any atom is 0.418 e. The third-order valence-electron chi connectivity index (χ3n) is 3.53. The third kappa shape index (κ3) is 4.20. The van der Waals surface area contributed by atoms with Crippen LogP contribution in [-0.2, 0) is 14.7 Å². The van der Waals surface area contributed by atoms with Gasteiger partial charge in [0, 0.05) is 6.54 Å². The molecule has 130 valence electrons. The lowest BCUT2D eigenvalue weighted by Crippen LogP contribution is -2.48. The number of guanidine groups is 1. The van der Waals surface area contributed by atoms with Gasteiger partial charge in [0.25, 0.3) is 0 Å². The Morgan fingerprint density at radius 3 is 2.52 bits per heavy atom. The smallest absolute Gasteiger partial charge is 0.386 e. The lowest BCUT2D eigenvalue weighted by Gasteiger charge is -2.29. The molecule has 2 aliphatic heterocycles. The molecule has 7 N–H and O–H groups in total. The zero-order chi connectivity index (χ0) is 17.2. The summed E-state index contributed by atoms with van der Waals surface area (Å²) >= 11 is 0. The molecule has 0 saturated carbocycles. The zero-order valence-corrected chi connectivity index (χ0v) is 13.0. The van der Waals surface area contributed by atoms with Crippen LogP contribution >= 0.6 is 0 Å². The number of aliphatic imine (C=N–C) groups is 2. The number of hydrogen-bond acceptors (Lipinski definition) is 6. The van der Waals surface area contributed by atoms with E-state index >= 15 is 0 Å². The predicted octanol–water partition coefficient (Wildman–Crippen LogP) is -2.38. The van der Waals surface area contributed by atoms with Crippen LogP contribution in [0.25, 0.3) is 0 Å². The van der Waals surface area contributed by atoms with Crippen molar-refractivity contribution in [3.05, 3.63) is 0 Å². The molecule has 2 aliphatic rings. The maximum atomic E-state index is 12.2. The average Bonchev–Trinajstić information content (AvgIpc) is 2.67. The number of carbonyl (C=O) groups is 1. The van der Waals surface area contributed by atoms with Crippen molar-refractivity contribution >= 4 is 28.2 Å². The highest BCUT2D eigenvalue weighted by Gasteiger charge is 2.48. The van der Waals surface area contributed by atoms with Crippen LogP contribution in [0.4, 0.5) is 4.79 Å². The van der Waals surface area contributed by atoms with E-state index in [0.29, 0.717) is 17.9 Å². The zero-order valence-electron chi connectivity index (χ0n) is 12.2. The second kappa shape index (κ2) is 6.55. The summed E-state index contributed by atoms with van der Waals surface area (Å²) in [5, 5.41) is 0.655. The largest absolute Gasteiger partial charge is 0.418 e. The Morgan fingerprint density at radius 1 is 1.26 bits per heavy atom. The molecule has 0 radical (unpaired) electrons. The second-order valence-electron chi connectivity index (χ2n) is 5.12. The van der Waals surface area contributed by atoms with Gasteiger partial charge in [-0.05, 0) is 12.8 Å². The van der Waals surface area contributed by atoms with E-state index in [9.17, 15) is 13.2 Å². The summed E-state index contributed by atoms with van der Waals surface area (Å²) in [6.45, 7) is 0.768. The van der Waals surface area contributed by atoms with Gasteiger partial charge in [-0.2, -0.15) is 13.5 Å². The number of piperidine rings is 1. The summed E-state index contributed by atoms with van der Waals surface area (Å²) in [4.78, 5) is 21.4. The highest BCUT2D eigenvalue weighted by atomic mass is 32.3. The Kier molecular flexibility index (Phi) is 4.91. The van der Waals surface area contributed by atoms with Crippen molar-refractivity contribution in [1.29, 1.82) is 0 Å².